The van der Waals surface area contributed by atoms with Crippen molar-refractivity contribution in [3.63, 3.8) is 0 Å². The molecule has 0 saturated carbocycles. The second kappa shape index (κ2) is 5.74. The van der Waals surface area contributed by atoms with E-state index in [2.05, 4.69) is 4.98 Å². The number of carboxylic acid groups (broad SMARTS) is 1. The number of piperidine rings is 1. The van der Waals surface area contributed by atoms with Crippen LogP contribution < -0.4 is 4.74 Å². The summed E-state index contributed by atoms with van der Waals surface area (Å²) in [5.74, 6) is -0.0483. The van der Waals surface area contributed by atoms with Gasteiger partial charge >= 0.3 is 12.3 Å². The number of alkyl halides is 3. The third-order valence-corrected chi connectivity index (χ3v) is 4.59. The number of hydrogen-bond donors (Lipinski definition) is 1. The highest BCUT2D eigenvalue weighted by molar-refractivity contribution is 6.31. The van der Waals surface area contributed by atoms with E-state index in [1.54, 1.807) is 0 Å². The quantitative estimate of drug-likeness (QED) is 0.881. The van der Waals surface area contributed by atoms with E-state index >= 15 is 0 Å². The number of fused-ring (bicyclic) bond motifs is 2. The highest BCUT2D eigenvalue weighted by Crippen LogP contribution is 2.38. The zero-order valence-corrected chi connectivity index (χ0v) is 12.6. The van der Waals surface area contributed by atoms with Gasteiger partial charge in [0.1, 0.15) is 11.1 Å². The minimum atomic E-state index is -4.51. The van der Waals surface area contributed by atoms with Gasteiger partial charge in [-0.25, -0.2) is 9.78 Å². The summed E-state index contributed by atoms with van der Waals surface area (Å²) in [6.07, 6.45) is -2.56. The standard InChI is InChI=1S/C14H14ClF3N2O3/c15-11-3-7(14(16,17)18)6-19-12(11)23-10-4-8-1-2-9(5-10)20(8)13(21)22/h3,6,8-10H,1-2,4-5H2,(H,21,22)/t8-,9+,10+. The average molecular weight is 351 g/mol. The summed E-state index contributed by atoms with van der Waals surface area (Å²) in [6.45, 7) is 0. The van der Waals surface area contributed by atoms with Gasteiger partial charge in [0.15, 0.2) is 0 Å². The lowest BCUT2D eigenvalue weighted by molar-refractivity contribution is -0.137. The second-order valence-corrected chi connectivity index (χ2v) is 6.20. The van der Waals surface area contributed by atoms with Gasteiger partial charge in [0.05, 0.1) is 5.56 Å². The Bertz CT molecular complexity index is 612. The Kier molecular flexibility index (Phi) is 4.03. The van der Waals surface area contributed by atoms with Crippen molar-refractivity contribution >= 4 is 17.7 Å². The Morgan fingerprint density at radius 3 is 2.43 bits per heavy atom. The predicted molar refractivity (Wildman–Crippen MR) is 74.6 cm³/mol. The SMILES string of the molecule is O=C(O)N1[C@@H]2CC[C@H]1C[C@@H](Oc1ncc(C(F)(F)F)cc1Cl)C2. The average Bonchev–Trinajstić information content (AvgIpc) is 2.72. The van der Waals surface area contributed by atoms with Crippen molar-refractivity contribution in [1.82, 2.24) is 9.88 Å². The van der Waals surface area contributed by atoms with Gasteiger partial charge in [-0.1, -0.05) is 11.6 Å². The number of nitrogens with zero attached hydrogens (tertiary/aromatic N) is 2. The van der Waals surface area contributed by atoms with Crippen LogP contribution in [-0.4, -0.2) is 39.3 Å². The molecule has 2 aliphatic heterocycles. The zero-order chi connectivity index (χ0) is 16.8. The van der Waals surface area contributed by atoms with Crippen molar-refractivity contribution in [2.75, 3.05) is 0 Å². The molecule has 3 atom stereocenters. The van der Waals surface area contributed by atoms with Crippen molar-refractivity contribution < 1.29 is 27.8 Å². The van der Waals surface area contributed by atoms with Crippen molar-refractivity contribution in [2.24, 2.45) is 0 Å². The maximum atomic E-state index is 12.6. The topological polar surface area (TPSA) is 62.7 Å². The van der Waals surface area contributed by atoms with Gasteiger partial charge in [-0.05, 0) is 18.9 Å². The highest BCUT2D eigenvalue weighted by Gasteiger charge is 2.44. The van der Waals surface area contributed by atoms with Gasteiger partial charge in [0.25, 0.3) is 0 Å². The molecule has 2 bridgehead atoms. The third-order valence-electron chi connectivity index (χ3n) is 4.32. The minimum absolute atomic E-state index is 0.0483. The zero-order valence-electron chi connectivity index (χ0n) is 11.9. The van der Waals surface area contributed by atoms with Crippen LogP contribution >= 0.6 is 11.6 Å². The minimum Gasteiger partial charge on any atom is -0.473 e. The van der Waals surface area contributed by atoms with Crippen LogP contribution in [0.3, 0.4) is 0 Å². The van der Waals surface area contributed by atoms with Crippen molar-refractivity contribution in [2.45, 2.75) is 50.0 Å². The Balaban J connectivity index is 1.71. The van der Waals surface area contributed by atoms with E-state index in [0.717, 1.165) is 18.9 Å². The Labute approximate surface area is 135 Å². The van der Waals surface area contributed by atoms with E-state index in [1.807, 2.05) is 0 Å². The lowest BCUT2D eigenvalue weighted by Gasteiger charge is -2.36. The van der Waals surface area contributed by atoms with E-state index in [4.69, 9.17) is 16.3 Å². The molecule has 0 unspecified atom stereocenters. The summed E-state index contributed by atoms with van der Waals surface area (Å²) < 4.78 is 43.4. The van der Waals surface area contributed by atoms with E-state index in [1.165, 1.54) is 4.90 Å². The Morgan fingerprint density at radius 1 is 1.35 bits per heavy atom. The van der Waals surface area contributed by atoms with E-state index in [-0.39, 0.29) is 29.1 Å². The fourth-order valence-corrected chi connectivity index (χ4v) is 3.57. The third kappa shape index (κ3) is 3.17. The number of hydrogen-bond acceptors (Lipinski definition) is 3. The summed E-state index contributed by atoms with van der Waals surface area (Å²) in [5, 5.41) is 8.99. The molecule has 5 nitrogen and oxygen atoms in total. The van der Waals surface area contributed by atoms with Crippen LogP contribution in [0.5, 0.6) is 5.88 Å². The van der Waals surface area contributed by atoms with Gasteiger partial charge < -0.3 is 14.7 Å². The number of ether oxygens (including phenoxy) is 1. The first-order valence-corrected chi connectivity index (χ1v) is 7.54. The van der Waals surface area contributed by atoms with E-state index in [9.17, 15) is 23.1 Å². The molecule has 23 heavy (non-hydrogen) atoms. The summed E-state index contributed by atoms with van der Waals surface area (Å²) in [6, 6.07) is 0.541. The Morgan fingerprint density at radius 2 is 1.96 bits per heavy atom. The van der Waals surface area contributed by atoms with Gasteiger partial charge in [-0.2, -0.15) is 13.2 Å². The van der Waals surface area contributed by atoms with Crippen LogP contribution in [0.25, 0.3) is 0 Å². The number of rotatable bonds is 2. The van der Waals surface area contributed by atoms with Crippen molar-refractivity contribution in [3.8, 4) is 5.88 Å². The summed E-state index contributed by atoms with van der Waals surface area (Å²) in [5.41, 5.74) is -0.935. The molecule has 9 heteroatoms. The molecule has 2 saturated heterocycles. The van der Waals surface area contributed by atoms with Crippen LogP contribution in [-0.2, 0) is 6.18 Å². The molecule has 0 spiro atoms. The maximum Gasteiger partial charge on any atom is 0.417 e. The molecular formula is C14H14ClF3N2O3. The van der Waals surface area contributed by atoms with Crippen LogP contribution in [0, 0.1) is 0 Å². The number of pyridine rings is 1. The smallest absolute Gasteiger partial charge is 0.417 e. The monoisotopic (exact) mass is 350 g/mol. The van der Waals surface area contributed by atoms with Crippen molar-refractivity contribution in [3.05, 3.63) is 22.8 Å². The maximum absolute atomic E-state index is 12.6. The highest BCUT2D eigenvalue weighted by atomic mass is 35.5. The summed E-state index contributed by atoms with van der Waals surface area (Å²) in [7, 11) is 0. The van der Waals surface area contributed by atoms with Crippen molar-refractivity contribution in [1.29, 1.82) is 0 Å². The van der Waals surface area contributed by atoms with Crippen LogP contribution in [0.4, 0.5) is 18.0 Å². The first kappa shape index (κ1) is 16.2. The molecule has 1 aromatic rings. The lowest BCUT2D eigenvalue weighted by atomic mass is 10.0. The van der Waals surface area contributed by atoms with E-state index < -0.39 is 17.8 Å². The molecule has 1 aromatic heterocycles. The molecular weight excluding hydrogens is 337 g/mol. The molecule has 0 aromatic carbocycles. The molecule has 3 heterocycles. The molecule has 2 aliphatic rings. The van der Waals surface area contributed by atoms with Crippen LogP contribution in [0.1, 0.15) is 31.2 Å². The fraction of sp³-hybridized carbons (Fsp3) is 0.571. The van der Waals surface area contributed by atoms with Crippen LogP contribution in [0.15, 0.2) is 12.3 Å². The van der Waals surface area contributed by atoms with E-state index in [0.29, 0.717) is 19.0 Å². The number of carbonyl (C=O) groups is 1. The first-order chi connectivity index (χ1) is 10.8. The van der Waals surface area contributed by atoms with Crippen LogP contribution in [0.2, 0.25) is 5.02 Å². The largest absolute Gasteiger partial charge is 0.473 e. The normalized spacial score (nSPS) is 27.1. The number of aromatic nitrogens is 1. The first-order valence-electron chi connectivity index (χ1n) is 7.16. The molecule has 2 fully saturated rings. The summed E-state index contributed by atoms with van der Waals surface area (Å²) in [4.78, 5) is 16.3. The van der Waals surface area contributed by atoms with Gasteiger partial charge in [0, 0.05) is 31.1 Å². The van der Waals surface area contributed by atoms with Gasteiger partial charge in [-0.3, -0.25) is 0 Å². The molecule has 0 radical (unpaired) electrons. The molecule has 1 amide bonds. The fourth-order valence-electron chi connectivity index (χ4n) is 3.36. The van der Waals surface area contributed by atoms with Gasteiger partial charge in [-0.15, -0.1) is 0 Å². The number of halogens is 4. The molecule has 3 rings (SSSR count). The lowest BCUT2D eigenvalue weighted by Crippen LogP contribution is -2.48. The number of amides is 1. The predicted octanol–water partition coefficient (Wildman–Crippen LogP) is 3.81. The molecule has 0 aliphatic carbocycles. The Hall–Kier alpha value is -1.70. The second-order valence-electron chi connectivity index (χ2n) is 5.79. The summed E-state index contributed by atoms with van der Waals surface area (Å²) >= 11 is 5.83. The van der Waals surface area contributed by atoms with Gasteiger partial charge in [0.2, 0.25) is 5.88 Å². The molecule has 1 N–H and O–H groups in total. The molecule has 126 valence electrons.